The number of pyridine rings is 1. The van der Waals surface area contributed by atoms with Crippen molar-refractivity contribution < 1.29 is 18.3 Å². The first-order chi connectivity index (χ1) is 9.72. The molecule has 0 radical (unpaired) electrons. The summed E-state index contributed by atoms with van der Waals surface area (Å²) in [5.74, 6) is -1.24. The van der Waals surface area contributed by atoms with Crippen molar-refractivity contribution in [3.8, 4) is 0 Å². The minimum absolute atomic E-state index is 0.0997. The van der Waals surface area contributed by atoms with Gasteiger partial charge in [0.1, 0.15) is 4.90 Å². The van der Waals surface area contributed by atoms with Gasteiger partial charge in [0.2, 0.25) is 10.0 Å². The SMILES string of the molecule is CC(CCCC(C)C(=O)O)NS(=O)(=O)c1cncc(Br)c1. The number of nitrogens with one attached hydrogen (secondary N) is 1. The fourth-order valence-corrected chi connectivity index (χ4v) is 3.57. The second-order valence-corrected chi connectivity index (χ2v) is 7.66. The van der Waals surface area contributed by atoms with Crippen molar-refractivity contribution in [2.24, 2.45) is 5.92 Å². The highest BCUT2D eigenvalue weighted by Gasteiger charge is 2.18. The minimum Gasteiger partial charge on any atom is -0.481 e. The average Bonchev–Trinajstić information content (AvgIpc) is 2.37. The third-order valence-electron chi connectivity index (χ3n) is 3.04. The number of rotatable bonds is 8. The highest BCUT2D eigenvalue weighted by Crippen LogP contribution is 2.16. The van der Waals surface area contributed by atoms with Gasteiger partial charge >= 0.3 is 5.97 Å². The van der Waals surface area contributed by atoms with Crippen LogP contribution in [0.15, 0.2) is 27.8 Å². The summed E-state index contributed by atoms with van der Waals surface area (Å²) in [5.41, 5.74) is 0. The Labute approximate surface area is 133 Å². The molecule has 0 aromatic carbocycles. The highest BCUT2D eigenvalue weighted by atomic mass is 79.9. The van der Waals surface area contributed by atoms with Gasteiger partial charge in [0.25, 0.3) is 0 Å². The van der Waals surface area contributed by atoms with E-state index in [4.69, 9.17) is 5.11 Å². The van der Waals surface area contributed by atoms with Crippen molar-refractivity contribution in [1.82, 2.24) is 9.71 Å². The van der Waals surface area contributed by atoms with Crippen LogP contribution in [0.1, 0.15) is 33.1 Å². The number of aromatic nitrogens is 1. The predicted octanol–water partition coefficient (Wildman–Crippen LogP) is 2.40. The number of hydrogen-bond acceptors (Lipinski definition) is 4. The fourth-order valence-electron chi connectivity index (χ4n) is 1.78. The molecule has 21 heavy (non-hydrogen) atoms. The van der Waals surface area contributed by atoms with Crippen LogP contribution in [0.5, 0.6) is 0 Å². The fraction of sp³-hybridized carbons (Fsp3) is 0.538. The summed E-state index contributed by atoms with van der Waals surface area (Å²) in [6.07, 6.45) is 4.55. The molecule has 1 rings (SSSR count). The first-order valence-corrected chi connectivity index (χ1v) is 8.85. The molecule has 0 aliphatic rings. The van der Waals surface area contributed by atoms with Gasteiger partial charge in [-0.05, 0) is 41.8 Å². The van der Waals surface area contributed by atoms with Crippen molar-refractivity contribution in [3.05, 3.63) is 22.9 Å². The zero-order valence-corrected chi connectivity index (χ0v) is 14.3. The van der Waals surface area contributed by atoms with E-state index in [1.54, 1.807) is 13.8 Å². The Balaban J connectivity index is 2.54. The number of aliphatic carboxylic acids is 1. The summed E-state index contributed by atoms with van der Waals surface area (Å²) >= 11 is 3.18. The molecule has 8 heteroatoms. The minimum atomic E-state index is -3.61. The third-order valence-corrected chi connectivity index (χ3v) is 5.03. The van der Waals surface area contributed by atoms with E-state index in [9.17, 15) is 13.2 Å². The lowest BCUT2D eigenvalue weighted by Crippen LogP contribution is -2.32. The van der Waals surface area contributed by atoms with Gasteiger partial charge in [-0.2, -0.15) is 0 Å². The van der Waals surface area contributed by atoms with E-state index in [-0.39, 0.29) is 10.9 Å². The van der Waals surface area contributed by atoms with E-state index < -0.39 is 21.9 Å². The van der Waals surface area contributed by atoms with Crippen LogP contribution in [0.4, 0.5) is 0 Å². The molecule has 2 atom stereocenters. The molecule has 118 valence electrons. The third kappa shape index (κ3) is 6.11. The Kier molecular flexibility index (Phi) is 6.76. The average molecular weight is 379 g/mol. The van der Waals surface area contributed by atoms with Gasteiger partial charge in [0, 0.05) is 22.9 Å². The molecule has 0 saturated heterocycles. The van der Waals surface area contributed by atoms with E-state index in [2.05, 4.69) is 25.6 Å². The lowest BCUT2D eigenvalue weighted by Gasteiger charge is -2.15. The number of sulfonamides is 1. The van der Waals surface area contributed by atoms with E-state index >= 15 is 0 Å². The summed E-state index contributed by atoms with van der Waals surface area (Å²) in [6.45, 7) is 3.40. The van der Waals surface area contributed by atoms with Gasteiger partial charge < -0.3 is 5.11 Å². The topological polar surface area (TPSA) is 96.4 Å². The molecule has 0 spiro atoms. The number of hydrogen-bond donors (Lipinski definition) is 2. The van der Waals surface area contributed by atoms with Gasteiger partial charge in [-0.15, -0.1) is 0 Å². The van der Waals surface area contributed by atoms with Gasteiger partial charge in [-0.3, -0.25) is 9.78 Å². The Bertz CT molecular complexity index is 592. The van der Waals surface area contributed by atoms with E-state index in [1.807, 2.05) is 0 Å². The summed E-state index contributed by atoms with van der Waals surface area (Å²) in [7, 11) is -3.61. The van der Waals surface area contributed by atoms with Crippen LogP contribution in [-0.4, -0.2) is 30.5 Å². The quantitative estimate of drug-likeness (QED) is 0.723. The lowest BCUT2D eigenvalue weighted by atomic mass is 10.0. The van der Waals surface area contributed by atoms with Crippen LogP contribution >= 0.6 is 15.9 Å². The number of carboxylic acid groups (broad SMARTS) is 1. The molecule has 0 bridgehead atoms. The Morgan fingerprint density at radius 1 is 1.38 bits per heavy atom. The zero-order valence-electron chi connectivity index (χ0n) is 11.9. The van der Waals surface area contributed by atoms with Crippen molar-refractivity contribution in [1.29, 1.82) is 0 Å². The van der Waals surface area contributed by atoms with Crippen LogP contribution in [0, 0.1) is 5.92 Å². The molecule has 6 nitrogen and oxygen atoms in total. The molecule has 0 aliphatic heterocycles. The number of halogens is 1. The molecule has 2 unspecified atom stereocenters. The van der Waals surface area contributed by atoms with Gasteiger partial charge in [-0.25, -0.2) is 13.1 Å². The predicted molar refractivity (Wildman–Crippen MR) is 82.4 cm³/mol. The second kappa shape index (κ2) is 7.86. The van der Waals surface area contributed by atoms with Gasteiger partial charge in [0.05, 0.1) is 5.92 Å². The van der Waals surface area contributed by atoms with E-state index in [0.717, 1.165) is 0 Å². The zero-order chi connectivity index (χ0) is 16.0. The highest BCUT2D eigenvalue weighted by molar-refractivity contribution is 9.10. The van der Waals surface area contributed by atoms with Crippen molar-refractivity contribution in [3.63, 3.8) is 0 Å². The largest absolute Gasteiger partial charge is 0.481 e. The van der Waals surface area contributed by atoms with Crippen LogP contribution < -0.4 is 4.72 Å². The molecule has 1 heterocycles. The maximum atomic E-state index is 12.1. The van der Waals surface area contributed by atoms with Crippen molar-refractivity contribution >= 4 is 31.9 Å². The smallest absolute Gasteiger partial charge is 0.306 e. The van der Waals surface area contributed by atoms with Gasteiger partial charge in [-0.1, -0.05) is 13.3 Å². The second-order valence-electron chi connectivity index (χ2n) is 5.03. The molecular formula is C13H19BrN2O4S. The molecule has 0 saturated carbocycles. The lowest BCUT2D eigenvalue weighted by molar-refractivity contribution is -0.141. The van der Waals surface area contributed by atoms with Crippen molar-refractivity contribution in [2.75, 3.05) is 0 Å². The van der Waals surface area contributed by atoms with Gasteiger partial charge in [0.15, 0.2) is 0 Å². The summed E-state index contributed by atoms with van der Waals surface area (Å²) in [4.78, 5) is 14.6. The summed E-state index contributed by atoms with van der Waals surface area (Å²) < 4.78 is 27.4. The molecule has 1 aromatic heterocycles. The van der Waals surface area contributed by atoms with Crippen molar-refractivity contribution in [2.45, 2.75) is 44.0 Å². The monoisotopic (exact) mass is 378 g/mol. The van der Waals surface area contributed by atoms with Crippen LogP contribution in [-0.2, 0) is 14.8 Å². The summed E-state index contributed by atoms with van der Waals surface area (Å²) in [5, 5.41) is 8.79. The molecule has 0 aliphatic carbocycles. The van der Waals surface area contributed by atoms with E-state index in [0.29, 0.717) is 23.7 Å². The molecule has 1 aromatic rings. The first-order valence-electron chi connectivity index (χ1n) is 6.58. The first kappa shape index (κ1) is 18.1. The number of carbonyl (C=O) groups is 1. The Hall–Kier alpha value is -0.990. The van der Waals surface area contributed by atoms with Crippen LogP contribution in [0.2, 0.25) is 0 Å². The maximum Gasteiger partial charge on any atom is 0.306 e. The van der Waals surface area contributed by atoms with E-state index in [1.165, 1.54) is 18.5 Å². The standard InChI is InChI=1S/C13H19BrN2O4S/c1-9(13(17)18)4-3-5-10(2)16-21(19,20)12-6-11(14)7-15-8-12/h6-10,16H,3-5H2,1-2H3,(H,17,18). The molecular weight excluding hydrogens is 360 g/mol. The molecule has 2 N–H and O–H groups in total. The van der Waals surface area contributed by atoms with Crippen LogP contribution in [0.25, 0.3) is 0 Å². The Morgan fingerprint density at radius 2 is 2.05 bits per heavy atom. The van der Waals surface area contributed by atoms with Crippen LogP contribution in [0.3, 0.4) is 0 Å². The molecule has 0 amide bonds. The Morgan fingerprint density at radius 3 is 2.62 bits per heavy atom. The number of carboxylic acids is 1. The normalized spacial score (nSPS) is 14.6. The molecule has 0 fully saturated rings. The number of nitrogens with zero attached hydrogens (tertiary/aromatic N) is 1. The summed E-state index contributed by atoms with van der Waals surface area (Å²) in [6, 6.07) is 1.21. The maximum absolute atomic E-state index is 12.1.